The van der Waals surface area contributed by atoms with E-state index in [9.17, 15) is 4.79 Å². The van der Waals surface area contributed by atoms with Crippen LogP contribution in [0.1, 0.15) is 45.9 Å². The molecule has 3 heteroatoms. The first-order chi connectivity index (χ1) is 10.1. The lowest BCUT2D eigenvalue weighted by atomic mass is 9.87. The van der Waals surface area contributed by atoms with Gasteiger partial charge in [0.2, 0.25) is 0 Å². The number of anilines is 1. The van der Waals surface area contributed by atoms with Gasteiger partial charge in [-0.3, -0.25) is 4.79 Å². The summed E-state index contributed by atoms with van der Waals surface area (Å²) in [4.78, 5) is 12.5. The molecule has 2 aromatic carbocycles. The number of fused-ring (bicyclic) bond motifs is 1. The molecule has 3 rings (SSSR count). The molecule has 0 bridgehead atoms. The highest BCUT2D eigenvalue weighted by Gasteiger charge is 2.22. The highest BCUT2D eigenvalue weighted by atomic mass is 16.1. The predicted octanol–water partition coefficient (Wildman–Crippen LogP) is 3.38. The van der Waals surface area contributed by atoms with Crippen molar-refractivity contribution >= 4 is 11.6 Å². The summed E-state index contributed by atoms with van der Waals surface area (Å²) in [6.45, 7) is 1.93. The number of carbonyl (C=O) groups is 1. The third-order valence-corrected chi connectivity index (χ3v) is 4.18. The number of nitrogens with one attached hydrogen (secondary N) is 1. The number of amides is 1. The van der Waals surface area contributed by atoms with Gasteiger partial charge in [-0.05, 0) is 55.0 Å². The Bertz CT molecular complexity index is 679. The van der Waals surface area contributed by atoms with Crippen LogP contribution >= 0.6 is 0 Å². The SMILES string of the molecule is Cc1ccc(N)cc1C(=O)NC1CCCc2ccccc21. The summed E-state index contributed by atoms with van der Waals surface area (Å²) >= 11 is 0. The van der Waals surface area contributed by atoms with Crippen molar-refractivity contribution < 1.29 is 4.79 Å². The van der Waals surface area contributed by atoms with Crippen LogP contribution in [0.2, 0.25) is 0 Å². The van der Waals surface area contributed by atoms with Crippen molar-refractivity contribution in [3.05, 3.63) is 64.7 Å². The molecule has 1 aliphatic carbocycles. The fourth-order valence-corrected chi connectivity index (χ4v) is 3.02. The molecule has 21 heavy (non-hydrogen) atoms. The fourth-order valence-electron chi connectivity index (χ4n) is 3.02. The van der Waals surface area contributed by atoms with Crippen LogP contribution in [0.15, 0.2) is 42.5 Å². The molecule has 0 aliphatic heterocycles. The maximum atomic E-state index is 12.5. The molecule has 1 atom stereocenters. The van der Waals surface area contributed by atoms with Crippen LogP contribution in [0.4, 0.5) is 5.69 Å². The number of rotatable bonds is 2. The standard InChI is InChI=1S/C18H20N2O/c1-12-9-10-14(19)11-16(12)18(21)20-17-8-4-6-13-5-2-3-7-15(13)17/h2-3,5,7,9-11,17H,4,6,8,19H2,1H3,(H,20,21). The van der Waals surface area contributed by atoms with Gasteiger partial charge in [-0.25, -0.2) is 0 Å². The number of hydrogen-bond acceptors (Lipinski definition) is 2. The van der Waals surface area contributed by atoms with Crippen LogP contribution in [0, 0.1) is 6.92 Å². The monoisotopic (exact) mass is 280 g/mol. The Labute approximate surface area is 125 Å². The van der Waals surface area contributed by atoms with Crippen molar-refractivity contribution in [2.75, 3.05) is 5.73 Å². The minimum atomic E-state index is -0.0403. The van der Waals surface area contributed by atoms with Crippen LogP contribution in [0.3, 0.4) is 0 Å². The summed E-state index contributed by atoms with van der Waals surface area (Å²) in [5, 5.41) is 3.16. The van der Waals surface area contributed by atoms with Crippen LogP contribution < -0.4 is 11.1 Å². The van der Waals surface area contributed by atoms with Crippen molar-refractivity contribution in [1.29, 1.82) is 0 Å². The second kappa shape index (κ2) is 5.60. The highest BCUT2D eigenvalue weighted by molar-refractivity contribution is 5.96. The van der Waals surface area contributed by atoms with Crippen molar-refractivity contribution in [3.63, 3.8) is 0 Å². The zero-order chi connectivity index (χ0) is 14.8. The smallest absolute Gasteiger partial charge is 0.252 e. The van der Waals surface area contributed by atoms with E-state index in [2.05, 4.69) is 23.5 Å². The molecule has 0 fully saturated rings. The zero-order valence-corrected chi connectivity index (χ0v) is 12.2. The summed E-state index contributed by atoms with van der Waals surface area (Å²) in [6, 6.07) is 13.9. The second-order valence-corrected chi connectivity index (χ2v) is 5.69. The van der Waals surface area contributed by atoms with Gasteiger partial charge in [0, 0.05) is 11.3 Å². The Morgan fingerprint density at radius 3 is 2.90 bits per heavy atom. The minimum absolute atomic E-state index is 0.0403. The Kier molecular flexibility index (Phi) is 3.65. The quantitative estimate of drug-likeness (QED) is 0.829. The highest BCUT2D eigenvalue weighted by Crippen LogP contribution is 2.29. The Morgan fingerprint density at radius 1 is 1.24 bits per heavy atom. The minimum Gasteiger partial charge on any atom is -0.399 e. The Balaban J connectivity index is 1.84. The molecular weight excluding hydrogens is 260 g/mol. The van der Waals surface area contributed by atoms with Gasteiger partial charge < -0.3 is 11.1 Å². The number of benzene rings is 2. The van der Waals surface area contributed by atoms with E-state index < -0.39 is 0 Å². The van der Waals surface area contributed by atoms with E-state index in [1.807, 2.05) is 25.1 Å². The molecule has 3 N–H and O–H groups in total. The molecule has 0 saturated heterocycles. The van der Waals surface area contributed by atoms with E-state index in [1.165, 1.54) is 11.1 Å². The molecule has 2 aromatic rings. The summed E-state index contributed by atoms with van der Waals surface area (Å²) in [7, 11) is 0. The lowest BCUT2D eigenvalue weighted by Gasteiger charge is -2.26. The molecule has 0 heterocycles. The van der Waals surface area contributed by atoms with Gasteiger partial charge in [0.05, 0.1) is 6.04 Å². The Morgan fingerprint density at radius 2 is 2.05 bits per heavy atom. The van der Waals surface area contributed by atoms with Gasteiger partial charge in [-0.2, -0.15) is 0 Å². The molecule has 0 saturated carbocycles. The number of aryl methyl sites for hydroxylation is 2. The van der Waals surface area contributed by atoms with Gasteiger partial charge in [0.1, 0.15) is 0 Å². The molecule has 1 aliphatic rings. The van der Waals surface area contributed by atoms with E-state index in [0.29, 0.717) is 11.3 Å². The topological polar surface area (TPSA) is 55.1 Å². The first kappa shape index (κ1) is 13.7. The van der Waals surface area contributed by atoms with E-state index in [0.717, 1.165) is 24.8 Å². The van der Waals surface area contributed by atoms with Crippen molar-refractivity contribution in [3.8, 4) is 0 Å². The molecule has 3 nitrogen and oxygen atoms in total. The number of carbonyl (C=O) groups excluding carboxylic acids is 1. The largest absolute Gasteiger partial charge is 0.399 e. The number of hydrogen-bond donors (Lipinski definition) is 2. The summed E-state index contributed by atoms with van der Waals surface area (Å²) < 4.78 is 0. The van der Waals surface area contributed by atoms with E-state index in [1.54, 1.807) is 6.07 Å². The molecule has 0 radical (unpaired) electrons. The lowest BCUT2D eigenvalue weighted by molar-refractivity contribution is 0.0932. The van der Waals surface area contributed by atoms with Crippen molar-refractivity contribution in [2.45, 2.75) is 32.2 Å². The van der Waals surface area contributed by atoms with Crippen LogP contribution in [-0.4, -0.2) is 5.91 Å². The summed E-state index contributed by atoms with van der Waals surface area (Å²) in [5.74, 6) is -0.0403. The third-order valence-electron chi connectivity index (χ3n) is 4.18. The lowest BCUT2D eigenvalue weighted by Crippen LogP contribution is -2.31. The number of nitrogen functional groups attached to an aromatic ring is 1. The van der Waals surface area contributed by atoms with Crippen LogP contribution in [-0.2, 0) is 6.42 Å². The summed E-state index contributed by atoms with van der Waals surface area (Å²) in [5.41, 5.74) is 10.6. The molecule has 0 spiro atoms. The molecule has 108 valence electrons. The second-order valence-electron chi connectivity index (χ2n) is 5.69. The van der Waals surface area contributed by atoms with Crippen molar-refractivity contribution in [2.24, 2.45) is 0 Å². The van der Waals surface area contributed by atoms with Gasteiger partial charge in [-0.1, -0.05) is 30.3 Å². The first-order valence-electron chi connectivity index (χ1n) is 7.40. The van der Waals surface area contributed by atoms with E-state index >= 15 is 0 Å². The van der Waals surface area contributed by atoms with Crippen LogP contribution in [0.25, 0.3) is 0 Å². The average Bonchev–Trinajstić information content (AvgIpc) is 2.50. The normalized spacial score (nSPS) is 17.1. The molecular formula is C18H20N2O. The van der Waals surface area contributed by atoms with Gasteiger partial charge in [0.15, 0.2) is 0 Å². The Hall–Kier alpha value is -2.29. The number of nitrogens with two attached hydrogens (primary N) is 1. The maximum Gasteiger partial charge on any atom is 0.252 e. The van der Waals surface area contributed by atoms with Gasteiger partial charge in [-0.15, -0.1) is 0 Å². The summed E-state index contributed by atoms with van der Waals surface area (Å²) in [6.07, 6.45) is 3.20. The van der Waals surface area contributed by atoms with E-state index in [-0.39, 0.29) is 11.9 Å². The maximum absolute atomic E-state index is 12.5. The molecule has 1 amide bonds. The van der Waals surface area contributed by atoms with Gasteiger partial charge in [0.25, 0.3) is 5.91 Å². The average molecular weight is 280 g/mol. The zero-order valence-electron chi connectivity index (χ0n) is 12.2. The fraction of sp³-hybridized carbons (Fsp3) is 0.278. The first-order valence-corrected chi connectivity index (χ1v) is 7.40. The van der Waals surface area contributed by atoms with Crippen LogP contribution in [0.5, 0.6) is 0 Å². The molecule has 1 unspecified atom stereocenters. The van der Waals surface area contributed by atoms with Crippen molar-refractivity contribution in [1.82, 2.24) is 5.32 Å². The van der Waals surface area contributed by atoms with Gasteiger partial charge >= 0.3 is 0 Å². The van der Waals surface area contributed by atoms with E-state index in [4.69, 9.17) is 5.73 Å². The predicted molar refractivity (Wildman–Crippen MR) is 85.2 cm³/mol. The molecule has 0 aromatic heterocycles. The third kappa shape index (κ3) is 2.77.